The molecule has 0 amide bonds. The van der Waals surface area contributed by atoms with Crippen LogP contribution in [0.3, 0.4) is 0 Å². The monoisotopic (exact) mass is 249 g/mol. The number of aromatic nitrogens is 1. The third kappa shape index (κ3) is 4.75. The zero-order valence-electron chi connectivity index (χ0n) is 12.2. The molecule has 0 radical (unpaired) electrons. The quantitative estimate of drug-likeness (QED) is 0.767. The predicted octanol–water partition coefficient (Wildman–Crippen LogP) is 2.60. The summed E-state index contributed by atoms with van der Waals surface area (Å²) in [6.45, 7) is 9.60. The smallest absolute Gasteiger partial charge is 0.0547 e. The van der Waals surface area contributed by atoms with E-state index in [1.807, 2.05) is 7.05 Å². The Kier molecular flexibility index (Phi) is 6.91. The van der Waals surface area contributed by atoms with Crippen LogP contribution in [0.25, 0.3) is 0 Å². The van der Waals surface area contributed by atoms with Gasteiger partial charge in [-0.3, -0.25) is 9.88 Å². The Hall–Kier alpha value is -0.930. The van der Waals surface area contributed by atoms with Crippen LogP contribution in [0.2, 0.25) is 0 Å². The van der Waals surface area contributed by atoms with E-state index in [-0.39, 0.29) is 0 Å². The molecule has 0 bridgehead atoms. The lowest BCUT2D eigenvalue weighted by Crippen LogP contribution is -2.41. The summed E-state index contributed by atoms with van der Waals surface area (Å²) in [7, 11) is 2.03. The van der Waals surface area contributed by atoms with E-state index >= 15 is 0 Å². The normalized spacial score (nSPS) is 12.9. The van der Waals surface area contributed by atoms with Crippen molar-refractivity contribution in [2.45, 2.75) is 46.2 Å². The molecule has 0 aliphatic carbocycles. The first-order valence-electron chi connectivity index (χ1n) is 7.02. The fourth-order valence-corrected chi connectivity index (χ4v) is 2.38. The van der Waals surface area contributed by atoms with Gasteiger partial charge in [-0.1, -0.05) is 26.3 Å². The molecule has 3 heteroatoms. The van der Waals surface area contributed by atoms with E-state index in [1.54, 1.807) is 0 Å². The Labute approximate surface area is 112 Å². The van der Waals surface area contributed by atoms with Crippen molar-refractivity contribution in [1.82, 2.24) is 15.2 Å². The van der Waals surface area contributed by atoms with Crippen LogP contribution >= 0.6 is 0 Å². The summed E-state index contributed by atoms with van der Waals surface area (Å²) in [5.74, 6) is 0. The highest BCUT2D eigenvalue weighted by Crippen LogP contribution is 2.11. The molecule has 18 heavy (non-hydrogen) atoms. The zero-order valence-corrected chi connectivity index (χ0v) is 12.2. The number of pyridine rings is 1. The van der Waals surface area contributed by atoms with Crippen molar-refractivity contribution in [2.24, 2.45) is 0 Å². The van der Waals surface area contributed by atoms with Crippen LogP contribution in [0.5, 0.6) is 0 Å². The van der Waals surface area contributed by atoms with Gasteiger partial charge in [0, 0.05) is 24.8 Å². The van der Waals surface area contributed by atoms with Crippen LogP contribution < -0.4 is 5.32 Å². The van der Waals surface area contributed by atoms with E-state index in [9.17, 15) is 0 Å². The van der Waals surface area contributed by atoms with Gasteiger partial charge in [0.1, 0.15) is 0 Å². The van der Waals surface area contributed by atoms with Gasteiger partial charge >= 0.3 is 0 Å². The molecule has 3 nitrogen and oxygen atoms in total. The maximum atomic E-state index is 4.60. The molecule has 1 heterocycles. The van der Waals surface area contributed by atoms with E-state index < -0.39 is 0 Å². The summed E-state index contributed by atoms with van der Waals surface area (Å²) in [5, 5.41) is 3.30. The van der Waals surface area contributed by atoms with Crippen molar-refractivity contribution < 1.29 is 0 Å². The summed E-state index contributed by atoms with van der Waals surface area (Å²) in [6.07, 6.45) is 2.46. The molecule has 0 aliphatic heterocycles. The van der Waals surface area contributed by atoms with Crippen LogP contribution in [0, 0.1) is 6.92 Å². The maximum absolute atomic E-state index is 4.60. The van der Waals surface area contributed by atoms with E-state index in [0.717, 1.165) is 25.3 Å². The van der Waals surface area contributed by atoms with Crippen molar-refractivity contribution >= 4 is 0 Å². The van der Waals surface area contributed by atoms with Gasteiger partial charge in [0.15, 0.2) is 0 Å². The third-order valence-corrected chi connectivity index (χ3v) is 3.30. The van der Waals surface area contributed by atoms with Crippen molar-refractivity contribution in [3.63, 3.8) is 0 Å². The Balaban J connectivity index is 2.69. The molecule has 1 rings (SSSR count). The standard InChI is InChI=1S/C15H27N3/c1-5-8-15(11-16-4)18(6-2)12-14-10-7-9-13(3)17-14/h7,9-10,15-16H,5-6,8,11-12H2,1-4H3. The highest BCUT2D eigenvalue weighted by molar-refractivity contribution is 5.09. The lowest BCUT2D eigenvalue weighted by molar-refractivity contribution is 0.182. The van der Waals surface area contributed by atoms with Crippen LogP contribution in [-0.4, -0.2) is 36.1 Å². The van der Waals surface area contributed by atoms with E-state index in [4.69, 9.17) is 0 Å². The molecule has 0 fully saturated rings. The highest BCUT2D eigenvalue weighted by Gasteiger charge is 2.16. The van der Waals surface area contributed by atoms with Gasteiger partial charge in [-0.15, -0.1) is 0 Å². The summed E-state index contributed by atoms with van der Waals surface area (Å²) >= 11 is 0. The molecular weight excluding hydrogens is 222 g/mol. The molecule has 102 valence electrons. The van der Waals surface area contributed by atoms with E-state index in [1.165, 1.54) is 18.5 Å². The molecule has 1 atom stereocenters. The van der Waals surface area contributed by atoms with Crippen molar-refractivity contribution in [3.8, 4) is 0 Å². The predicted molar refractivity (Wildman–Crippen MR) is 77.7 cm³/mol. The summed E-state index contributed by atoms with van der Waals surface area (Å²) in [4.78, 5) is 7.12. The minimum atomic E-state index is 0.604. The van der Waals surface area contributed by atoms with Gasteiger partial charge in [-0.05, 0) is 39.1 Å². The zero-order chi connectivity index (χ0) is 13.4. The average Bonchev–Trinajstić information content (AvgIpc) is 2.36. The van der Waals surface area contributed by atoms with Gasteiger partial charge < -0.3 is 5.32 Å². The second-order valence-corrected chi connectivity index (χ2v) is 4.83. The molecule has 0 saturated heterocycles. The first-order chi connectivity index (χ1) is 8.71. The van der Waals surface area contributed by atoms with Crippen molar-refractivity contribution in [3.05, 3.63) is 29.6 Å². The number of hydrogen-bond acceptors (Lipinski definition) is 3. The second-order valence-electron chi connectivity index (χ2n) is 4.83. The Morgan fingerprint density at radius 1 is 1.33 bits per heavy atom. The van der Waals surface area contributed by atoms with Gasteiger partial charge in [-0.2, -0.15) is 0 Å². The van der Waals surface area contributed by atoms with Crippen LogP contribution in [0.4, 0.5) is 0 Å². The van der Waals surface area contributed by atoms with Gasteiger partial charge in [0.2, 0.25) is 0 Å². The average molecular weight is 249 g/mol. The maximum Gasteiger partial charge on any atom is 0.0547 e. The van der Waals surface area contributed by atoms with Crippen LogP contribution in [0.1, 0.15) is 38.1 Å². The molecule has 1 N–H and O–H groups in total. The van der Waals surface area contributed by atoms with Crippen LogP contribution in [-0.2, 0) is 6.54 Å². The second kappa shape index (κ2) is 8.22. The topological polar surface area (TPSA) is 28.2 Å². The molecule has 0 aliphatic rings. The van der Waals surface area contributed by atoms with Crippen molar-refractivity contribution in [1.29, 1.82) is 0 Å². The Morgan fingerprint density at radius 2 is 2.11 bits per heavy atom. The number of aryl methyl sites for hydroxylation is 1. The Bertz CT molecular complexity index is 332. The third-order valence-electron chi connectivity index (χ3n) is 3.30. The number of rotatable bonds is 8. The molecule has 1 unspecified atom stereocenters. The lowest BCUT2D eigenvalue weighted by atomic mass is 10.1. The van der Waals surface area contributed by atoms with E-state index in [2.05, 4.69) is 54.2 Å². The summed E-state index contributed by atoms with van der Waals surface area (Å²) in [6, 6.07) is 6.88. The minimum Gasteiger partial charge on any atom is -0.318 e. The molecule has 1 aromatic heterocycles. The number of likely N-dealkylation sites (N-methyl/N-ethyl adjacent to an activating group) is 2. The highest BCUT2D eigenvalue weighted by atomic mass is 15.2. The van der Waals surface area contributed by atoms with Gasteiger partial charge in [0.05, 0.1) is 5.69 Å². The first-order valence-corrected chi connectivity index (χ1v) is 7.02. The lowest BCUT2D eigenvalue weighted by Gasteiger charge is -2.30. The molecule has 0 aromatic carbocycles. The summed E-state index contributed by atoms with van der Waals surface area (Å²) in [5.41, 5.74) is 2.28. The number of nitrogens with one attached hydrogen (secondary N) is 1. The van der Waals surface area contributed by atoms with Gasteiger partial charge in [0.25, 0.3) is 0 Å². The fraction of sp³-hybridized carbons (Fsp3) is 0.667. The molecule has 0 spiro atoms. The largest absolute Gasteiger partial charge is 0.318 e. The van der Waals surface area contributed by atoms with Crippen LogP contribution in [0.15, 0.2) is 18.2 Å². The number of nitrogens with zero attached hydrogens (tertiary/aromatic N) is 2. The van der Waals surface area contributed by atoms with Crippen molar-refractivity contribution in [2.75, 3.05) is 20.1 Å². The fourth-order valence-electron chi connectivity index (χ4n) is 2.38. The molecular formula is C15H27N3. The first kappa shape index (κ1) is 15.1. The van der Waals surface area contributed by atoms with Gasteiger partial charge in [-0.25, -0.2) is 0 Å². The molecule has 1 aromatic rings. The minimum absolute atomic E-state index is 0.604. The molecule has 0 saturated carbocycles. The Morgan fingerprint density at radius 3 is 2.67 bits per heavy atom. The van der Waals surface area contributed by atoms with E-state index in [0.29, 0.717) is 6.04 Å². The number of hydrogen-bond donors (Lipinski definition) is 1. The SMILES string of the molecule is CCCC(CNC)N(CC)Cc1cccc(C)n1. The summed E-state index contributed by atoms with van der Waals surface area (Å²) < 4.78 is 0.